The van der Waals surface area contributed by atoms with Crippen LogP contribution in [0.2, 0.25) is 0 Å². The lowest BCUT2D eigenvalue weighted by atomic mass is 10.0. The number of methoxy groups -OCH3 is 3. The van der Waals surface area contributed by atoms with Gasteiger partial charge in [0.25, 0.3) is 0 Å². The lowest BCUT2D eigenvalue weighted by molar-refractivity contribution is -0.131. The second kappa shape index (κ2) is 7.35. The average Bonchev–Trinajstić information content (AvgIpc) is 2.58. The summed E-state index contributed by atoms with van der Waals surface area (Å²) in [4.78, 5) is 10.6. The molecule has 5 nitrogen and oxygen atoms in total. The average molecular weight is 314 g/mol. The lowest BCUT2D eigenvalue weighted by Crippen LogP contribution is -1.95. The summed E-state index contributed by atoms with van der Waals surface area (Å²) in [5, 5.41) is 8.72. The summed E-state index contributed by atoms with van der Waals surface area (Å²) < 4.78 is 16.0. The van der Waals surface area contributed by atoms with Crippen LogP contribution in [0.25, 0.3) is 17.2 Å². The van der Waals surface area contributed by atoms with Crippen molar-refractivity contribution >= 4 is 12.0 Å². The maximum absolute atomic E-state index is 10.6. The fourth-order valence-electron chi connectivity index (χ4n) is 2.24. The second-order valence-electron chi connectivity index (χ2n) is 4.71. The van der Waals surface area contributed by atoms with E-state index in [2.05, 4.69) is 0 Å². The van der Waals surface area contributed by atoms with E-state index in [1.165, 1.54) is 0 Å². The largest absolute Gasteiger partial charge is 0.493 e. The number of carbonyl (C=O) groups is 1. The minimum atomic E-state index is -0.983. The summed E-state index contributed by atoms with van der Waals surface area (Å²) in [5.41, 5.74) is 2.58. The van der Waals surface area contributed by atoms with Crippen LogP contribution in [0.3, 0.4) is 0 Å². The molecule has 0 aliphatic carbocycles. The first kappa shape index (κ1) is 16.4. The maximum Gasteiger partial charge on any atom is 0.328 e. The Morgan fingerprint density at radius 2 is 1.61 bits per heavy atom. The van der Waals surface area contributed by atoms with E-state index in [4.69, 9.17) is 19.3 Å². The van der Waals surface area contributed by atoms with Crippen molar-refractivity contribution in [3.05, 3.63) is 48.0 Å². The molecule has 0 amide bonds. The minimum absolute atomic E-state index is 0.528. The van der Waals surface area contributed by atoms with Crippen molar-refractivity contribution in [3.63, 3.8) is 0 Å². The van der Waals surface area contributed by atoms with E-state index in [0.29, 0.717) is 17.2 Å². The van der Waals surface area contributed by atoms with E-state index < -0.39 is 5.97 Å². The third kappa shape index (κ3) is 3.83. The third-order valence-electron chi connectivity index (χ3n) is 3.30. The summed E-state index contributed by atoms with van der Waals surface area (Å²) in [6.07, 6.45) is 2.65. The number of hydrogen-bond donors (Lipinski definition) is 1. The number of ether oxygens (including phenoxy) is 3. The van der Waals surface area contributed by atoms with Gasteiger partial charge in [0.1, 0.15) is 0 Å². The Morgan fingerprint density at radius 3 is 2.13 bits per heavy atom. The van der Waals surface area contributed by atoms with Crippen LogP contribution in [0.15, 0.2) is 42.5 Å². The molecule has 0 atom stereocenters. The van der Waals surface area contributed by atoms with E-state index in [-0.39, 0.29) is 0 Å². The number of rotatable bonds is 6. The first-order valence-corrected chi connectivity index (χ1v) is 6.90. The Morgan fingerprint density at radius 1 is 0.957 bits per heavy atom. The number of carboxylic acid groups (broad SMARTS) is 1. The Bertz CT molecular complexity index is 709. The zero-order valence-electron chi connectivity index (χ0n) is 13.2. The van der Waals surface area contributed by atoms with E-state index >= 15 is 0 Å². The van der Waals surface area contributed by atoms with Crippen LogP contribution in [-0.2, 0) is 4.79 Å². The highest BCUT2D eigenvalue weighted by atomic mass is 16.5. The fraction of sp³-hybridized carbons (Fsp3) is 0.167. The van der Waals surface area contributed by atoms with Crippen LogP contribution >= 0.6 is 0 Å². The van der Waals surface area contributed by atoms with Crippen molar-refractivity contribution in [2.75, 3.05) is 21.3 Å². The Hall–Kier alpha value is -2.95. The van der Waals surface area contributed by atoms with Crippen molar-refractivity contribution in [3.8, 4) is 28.4 Å². The molecule has 120 valence electrons. The molecule has 0 saturated carbocycles. The second-order valence-corrected chi connectivity index (χ2v) is 4.71. The lowest BCUT2D eigenvalue weighted by Gasteiger charge is -2.14. The van der Waals surface area contributed by atoms with Gasteiger partial charge in [-0.25, -0.2) is 4.79 Å². The summed E-state index contributed by atoms with van der Waals surface area (Å²) in [5.74, 6) is 0.672. The van der Waals surface area contributed by atoms with Gasteiger partial charge in [-0.05, 0) is 41.0 Å². The van der Waals surface area contributed by atoms with Crippen LogP contribution in [0.5, 0.6) is 17.2 Å². The van der Waals surface area contributed by atoms with Gasteiger partial charge in [0.15, 0.2) is 11.5 Å². The Kier molecular flexibility index (Phi) is 5.25. The van der Waals surface area contributed by atoms with Gasteiger partial charge in [-0.15, -0.1) is 0 Å². The summed E-state index contributed by atoms with van der Waals surface area (Å²) in [6.45, 7) is 0. The van der Waals surface area contributed by atoms with Crippen LogP contribution in [0.1, 0.15) is 5.56 Å². The molecule has 2 aromatic carbocycles. The molecular formula is C18H18O5. The molecule has 0 fully saturated rings. The van der Waals surface area contributed by atoms with Crippen LogP contribution in [0, 0.1) is 0 Å². The molecule has 5 heteroatoms. The molecular weight excluding hydrogens is 296 g/mol. The highest BCUT2D eigenvalue weighted by Crippen LogP contribution is 2.41. The summed E-state index contributed by atoms with van der Waals surface area (Å²) in [7, 11) is 4.68. The van der Waals surface area contributed by atoms with Crippen molar-refractivity contribution in [2.45, 2.75) is 0 Å². The molecule has 0 aliphatic heterocycles. The number of benzene rings is 2. The minimum Gasteiger partial charge on any atom is -0.493 e. The van der Waals surface area contributed by atoms with Crippen LogP contribution < -0.4 is 14.2 Å². The first-order valence-electron chi connectivity index (χ1n) is 6.90. The van der Waals surface area contributed by atoms with Gasteiger partial charge in [0.2, 0.25) is 5.75 Å². The molecule has 0 saturated heterocycles. The van der Waals surface area contributed by atoms with Crippen molar-refractivity contribution in [1.82, 2.24) is 0 Å². The van der Waals surface area contributed by atoms with Gasteiger partial charge in [-0.3, -0.25) is 0 Å². The van der Waals surface area contributed by atoms with Gasteiger partial charge < -0.3 is 19.3 Å². The molecule has 0 heterocycles. The molecule has 0 spiro atoms. The molecule has 2 aromatic rings. The zero-order chi connectivity index (χ0) is 16.8. The SMILES string of the molecule is COc1cc(-c2cccc(/C=C/C(=O)O)c2)cc(OC)c1OC. The predicted octanol–water partition coefficient (Wildman–Crippen LogP) is 3.48. The molecule has 0 radical (unpaired) electrons. The highest BCUT2D eigenvalue weighted by Gasteiger charge is 2.14. The third-order valence-corrected chi connectivity index (χ3v) is 3.30. The van der Waals surface area contributed by atoms with Gasteiger partial charge in [-0.1, -0.05) is 18.2 Å². The molecule has 0 bridgehead atoms. The molecule has 0 aliphatic rings. The quantitative estimate of drug-likeness (QED) is 0.827. The van der Waals surface area contributed by atoms with Crippen molar-refractivity contribution < 1.29 is 24.1 Å². The number of hydrogen-bond acceptors (Lipinski definition) is 4. The normalized spacial score (nSPS) is 10.6. The van der Waals surface area contributed by atoms with Gasteiger partial charge in [0, 0.05) is 6.08 Å². The van der Waals surface area contributed by atoms with Gasteiger partial charge >= 0.3 is 5.97 Å². The molecule has 2 rings (SSSR count). The van der Waals surface area contributed by atoms with E-state index in [9.17, 15) is 4.79 Å². The highest BCUT2D eigenvalue weighted by molar-refractivity contribution is 5.85. The summed E-state index contributed by atoms with van der Waals surface area (Å²) in [6, 6.07) is 11.2. The fourth-order valence-corrected chi connectivity index (χ4v) is 2.24. The standard InChI is InChI=1S/C18H18O5/c1-21-15-10-14(11-16(22-2)18(15)23-3)13-6-4-5-12(9-13)7-8-17(19)20/h4-11H,1-3H3,(H,19,20)/b8-7+. The Labute approximate surface area is 134 Å². The van der Waals surface area contributed by atoms with Crippen molar-refractivity contribution in [2.24, 2.45) is 0 Å². The molecule has 0 aromatic heterocycles. The molecule has 23 heavy (non-hydrogen) atoms. The van der Waals surface area contributed by atoms with E-state index in [1.54, 1.807) is 27.4 Å². The van der Waals surface area contributed by atoms with E-state index in [0.717, 1.165) is 22.8 Å². The van der Waals surface area contributed by atoms with E-state index in [1.807, 2.05) is 36.4 Å². The smallest absolute Gasteiger partial charge is 0.328 e. The number of aliphatic carboxylic acids is 1. The van der Waals surface area contributed by atoms with Crippen molar-refractivity contribution in [1.29, 1.82) is 0 Å². The molecule has 0 unspecified atom stereocenters. The summed E-state index contributed by atoms with van der Waals surface area (Å²) >= 11 is 0. The van der Waals surface area contributed by atoms with Gasteiger partial charge in [-0.2, -0.15) is 0 Å². The predicted molar refractivity (Wildman–Crippen MR) is 88.2 cm³/mol. The molecule has 1 N–H and O–H groups in total. The zero-order valence-corrected chi connectivity index (χ0v) is 13.2. The first-order chi connectivity index (χ1) is 11.1. The van der Waals surface area contributed by atoms with Gasteiger partial charge in [0.05, 0.1) is 21.3 Å². The van der Waals surface area contributed by atoms with Crippen LogP contribution in [0.4, 0.5) is 0 Å². The topological polar surface area (TPSA) is 65.0 Å². The van der Waals surface area contributed by atoms with Crippen LogP contribution in [-0.4, -0.2) is 32.4 Å². The monoisotopic (exact) mass is 314 g/mol. The maximum atomic E-state index is 10.6. The number of carboxylic acids is 1. The Balaban J connectivity index is 2.49.